The van der Waals surface area contributed by atoms with E-state index in [1.165, 1.54) is 25.7 Å². The fraction of sp³-hybridized carbons (Fsp3) is 0.765. The van der Waals surface area contributed by atoms with Crippen molar-refractivity contribution in [2.24, 2.45) is 11.8 Å². The molecular weight excluding hydrogens is 260 g/mol. The van der Waals surface area contributed by atoms with Crippen molar-refractivity contribution in [3.63, 3.8) is 0 Å². The van der Waals surface area contributed by atoms with E-state index in [4.69, 9.17) is 0 Å². The fourth-order valence-corrected chi connectivity index (χ4v) is 3.31. The lowest BCUT2D eigenvalue weighted by Crippen LogP contribution is -2.35. The highest BCUT2D eigenvalue weighted by Gasteiger charge is 2.27. The van der Waals surface area contributed by atoms with Crippen LogP contribution in [0.3, 0.4) is 0 Å². The van der Waals surface area contributed by atoms with E-state index >= 15 is 0 Å². The molecule has 0 spiro atoms. The molecule has 2 unspecified atom stereocenters. The number of aryl methyl sites for hydroxylation is 1. The Balaban J connectivity index is 2.08. The van der Waals surface area contributed by atoms with Crippen LogP contribution in [0.2, 0.25) is 0 Å². The zero-order valence-corrected chi connectivity index (χ0v) is 13.9. The van der Waals surface area contributed by atoms with Crippen LogP contribution in [-0.2, 0) is 0 Å². The molecule has 2 N–H and O–H groups in total. The summed E-state index contributed by atoms with van der Waals surface area (Å²) in [6.07, 6.45) is 6.38. The molecule has 0 radical (unpaired) electrons. The van der Waals surface area contributed by atoms with Crippen molar-refractivity contribution in [2.75, 3.05) is 17.2 Å². The fourth-order valence-electron chi connectivity index (χ4n) is 3.31. The molecule has 2 atom stereocenters. The second-order valence-electron chi connectivity index (χ2n) is 6.56. The highest BCUT2D eigenvalue weighted by Crippen LogP contribution is 2.32. The van der Waals surface area contributed by atoms with Crippen LogP contribution >= 0.6 is 0 Å². The maximum atomic E-state index is 4.57. The van der Waals surface area contributed by atoms with Gasteiger partial charge in [0.15, 0.2) is 0 Å². The molecule has 2 rings (SSSR count). The predicted molar refractivity (Wildman–Crippen MR) is 89.8 cm³/mol. The summed E-state index contributed by atoms with van der Waals surface area (Å²) < 4.78 is 0. The number of nitrogens with one attached hydrogen (secondary N) is 2. The van der Waals surface area contributed by atoms with Crippen LogP contribution in [0, 0.1) is 18.8 Å². The number of hydrogen-bond donors (Lipinski definition) is 2. The van der Waals surface area contributed by atoms with E-state index < -0.39 is 0 Å². The van der Waals surface area contributed by atoms with Gasteiger partial charge in [0.25, 0.3) is 0 Å². The summed E-state index contributed by atoms with van der Waals surface area (Å²) in [4.78, 5) is 9.02. The number of anilines is 2. The van der Waals surface area contributed by atoms with Crippen LogP contribution in [0.5, 0.6) is 0 Å². The Kier molecular flexibility index (Phi) is 5.83. The predicted octanol–water partition coefficient (Wildman–Crippen LogP) is 4.23. The molecular formula is C17H30N4. The standard InChI is InChI=1S/C17H30N4/c1-5-10-18-16-11-17(20-13(4)19-16)21-15-9-7-6-8-14(15)12(2)3/h11-12,14-15H,5-10H2,1-4H3,(H2,18,19,20,21). The highest BCUT2D eigenvalue weighted by molar-refractivity contribution is 5.48. The Labute approximate surface area is 129 Å². The van der Waals surface area contributed by atoms with Crippen LogP contribution in [-0.4, -0.2) is 22.6 Å². The summed E-state index contributed by atoms with van der Waals surface area (Å²) in [6.45, 7) is 9.75. The Morgan fingerprint density at radius 2 is 1.90 bits per heavy atom. The molecule has 21 heavy (non-hydrogen) atoms. The molecule has 118 valence electrons. The zero-order chi connectivity index (χ0) is 15.2. The van der Waals surface area contributed by atoms with Crippen molar-refractivity contribution in [3.8, 4) is 0 Å². The number of aromatic nitrogens is 2. The Hall–Kier alpha value is -1.32. The molecule has 0 aliphatic heterocycles. The number of hydrogen-bond acceptors (Lipinski definition) is 4. The Bertz CT molecular complexity index is 444. The summed E-state index contributed by atoms with van der Waals surface area (Å²) in [6, 6.07) is 2.60. The van der Waals surface area contributed by atoms with Gasteiger partial charge in [-0.3, -0.25) is 0 Å². The third-order valence-corrected chi connectivity index (χ3v) is 4.40. The minimum absolute atomic E-state index is 0.548. The van der Waals surface area contributed by atoms with Gasteiger partial charge in [0, 0.05) is 18.7 Å². The van der Waals surface area contributed by atoms with Crippen molar-refractivity contribution < 1.29 is 0 Å². The third kappa shape index (κ3) is 4.58. The van der Waals surface area contributed by atoms with Gasteiger partial charge in [0.2, 0.25) is 0 Å². The van der Waals surface area contributed by atoms with Gasteiger partial charge in [0.05, 0.1) is 0 Å². The molecule has 1 fully saturated rings. The maximum absolute atomic E-state index is 4.57. The molecule has 4 nitrogen and oxygen atoms in total. The van der Waals surface area contributed by atoms with E-state index in [1.807, 2.05) is 6.92 Å². The molecule has 1 aromatic heterocycles. The first-order chi connectivity index (χ1) is 10.1. The average Bonchev–Trinajstić information content (AvgIpc) is 2.45. The largest absolute Gasteiger partial charge is 0.370 e. The SMILES string of the molecule is CCCNc1cc(NC2CCCCC2C(C)C)nc(C)n1. The van der Waals surface area contributed by atoms with E-state index in [9.17, 15) is 0 Å². The summed E-state index contributed by atoms with van der Waals surface area (Å²) in [7, 11) is 0. The van der Waals surface area contributed by atoms with Gasteiger partial charge < -0.3 is 10.6 Å². The van der Waals surface area contributed by atoms with E-state index in [-0.39, 0.29) is 0 Å². The van der Waals surface area contributed by atoms with Crippen molar-refractivity contribution in [1.29, 1.82) is 0 Å². The smallest absolute Gasteiger partial charge is 0.132 e. The second-order valence-corrected chi connectivity index (χ2v) is 6.56. The van der Waals surface area contributed by atoms with Gasteiger partial charge in [-0.15, -0.1) is 0 Å². The molecule has 0 bridgehead atoms. The maximum Gasteiger partial charge on any atom is 0.132 e. The molecule has 0 aromatic carbocycles. The van der Waals surface area contributed by atoms with Crippen LogP contribution in [0.4, 0.5) is 11.6 Å². The molecule has 0 amide bonds. The normalized spacial score (nSPS) is 22.3. The molecule has 1 aromatic rings. The van der Waals surface area contributed by atoms with Gasteiger partial charge in [0.1, 0.15) is 17.5 Å². The average molecular weight is 290 g/mol. The summed E-state index contributed by atoms with van der Waals surface area (Å²) in [5.41, 5.74) is 0. The van der Waals surface area contributed by atoms with Crippen LogP contribution in [0.25, 0.3) is 0 Å². The minimum atomic E-state index is 0.548. The van der Waals surface area contributed by atoms with Gasteiger partial charge >= 0.3 is 0 Å². The minimum Gasteiger partial charge on any atom is -0.370 e. The molecule has 1 heterocycles. The first-order valence-corrected chi connectivity index (χ1v) is 8.46. The van der Waals surface area contributed by atoms with Gasteiger partial charge in [-0.2, -0.15) is 0 Å². The lowest BCUT2D eigenvalue weighted by atomic mass is 9.78. The zero-order valence-electron chi connectivity index (χ0n) is 13.9. The van der Waals surface area contributed by atoms with Crippen LogP contribution in [0.1, 0.15) is 58.7 Å². The van der Waals surface area contributed by atoms with Crippen molar-refractivity contribution >= 4 is 11.6 Å². The van der Waals surface area contributed by atoms with Gasteiger partial charge in [-0.05, 0) is 38.0 Å². The van der Waals surface area contributed by atoms with E-state index in [0.717, 1.165) is 42.3 Å². The highest BCUT2D eigenvalue weighted by atomic mass is 15.1. The lowest BCUT2D eigenvalue weighted by molar-refractivity contribution is 0.253. The van der Waals surface area contributed by atoms with E-state index in [1.54, 1.807) is 0 Å². The topological polar surface area (TPSA) is 49.8 Å². The molecule has 1 saturated carbocycles. The first-order valence-electron chi connectivity index (χ1n) is 8.46. The molecule has 0 saturated heterocycles. The molecule has 1 aliphatic rings. The Morgan fingerprint density at radius 1 is 1.19 bits per heavy atom. The van der Waals surface area contributed by atoms with Crippen LogP contribution in [0.15, 0.2) is 6.07 Å². The van der Waals surface area contributed by atoms with Gasteiger partial charge in [-0.25, -0.2) is 9.97 Å². The summed E-state index contributed by atoms with van der Waals surface area (Å²) in [5, 5.41) is 7.03. The molecule has 4 heteroatoms. The summed E-state index contributed by atoms with van der Waals surface area (Å²) >= 11 is 0. The number of rotatable bonds is 6. The summed E-state index contributed by atoms with van der Waals surface area (Å²) in [5.74, 6) is 4.21. The van der Waals surface area contributed by atoms with E-state index in [0.29, 0.717) is 6.04 Å². The second kappa shape index (κ2) is 7.62. The van der Waals surface area contributed by atoms with Gasteiger partial charge in [-0.1, -0.05) is 33.6 Å². The first kappa shape index (κ1) is 16.1. The monoisotopic (exact) mass is 290 g/mol. The lowest BCUT2D eigenvalue weighted by Gasteiger charge is -2.35. The molecule has 1 aliphatic carbocycles. The quantitative estimate of drug-likeness (QED) is 0.823. The third-order valence-electron chi connectivity index (χ3n) is 4.40. The number of nitrogens with zero attached hydrogens (tertiary/aromatic N) is 2. The van der Waals surface area contributed by atoms with E-state index in [2.05, 4.69) is 47.4 Å². The van der Waals surface area contributed by atoms with Crippen LogP contribution < -0.4 is 10.6 Å². The van der Waals surface area contributed by atoms with Crippen molar-refractivity contribution in [1.82, 2.24) is 9.97 Å². The van der Waals surface area contributed by atoms with Crippen molar-refractivity contribution in [2.45, 2.75) is 65.8 Å². The van der Waals surface area contributed by atoms with Crippen molar-refractivity contribution in [3.05, 3.63) is 11.9 Å². The Morgan fingerprint density at radius 3 is 2.62 bits per heavy atom.